The summed E-state index contributed by atoms with van der Waals surface area (Å²) >= 11 is 2.00. The Balaban J connectivity index is 2.46. The largest absolute Gasteiger partial charge is 0.469 e. The summed E-state index contributed by atoms with van der Waals surface area (Å²) < 4.78 is 10.6. The van der Waals surface area contributed by atoms with Crippen LogP contribution < -0.4 is 0 Å². The molecule has 0 unspecified atom stereocenters. The van der Waals surface area contributed by atoms with Gasteiger partial charge < -0.3 is 9.15 Å². The fraction of sp³-hybridized carbons (Fsp3) is 0.200. The lowest BCUT2D eigenvalue weighted by molar-refractivity contribution is -0.139. The quantitative estimate of drug-likeness (QED) is 0.629. The van der Waals surface area contributed by atoms with E-state index in [4.69, 9.17) is 4.42 Å². The molecule has 78 valence electrons. The number of hydrogen-bond donors (Lipinski definition) is 0. The van der Waals surface area contributed by atoms with Gasteiger partial charge in [0.15, 0.2) is 5.58 Å². The zero-order valence-corrected chi connectivity index (χ0v) is 10.1. The normalized spacial score (nSPS) is 10.5. The number of fused-ring (bicyclic) bond motifs is 1. The molecule has 0 saturated heterocycles. The predicted octanol–water partition coefficient (Wildman–Crippen LogP) is 2.15. The van der Waals surface area contributed by atoms with Crippen molar-refractivity contribution >= 4 is 39.7 Å². The number of rotatable bonds is 2. The number of esters is 1. The van der Waals surface area contributed by atoms with Crippen molar-refractivity contribution < 1.29 is 13.9 Å². The molecule has 5 heteroatoms. The monoisotopic (exact) mass is 317 g/mol. The summed E-state index contributed by atoms with van der Waals surface area (Å²) in [6.07, 6.45) is 0.207. The number of benzene rings is 1. The third kappa shape index (κ3) is 2.11. The molecule has 1 aromatic heterocycles. The maximum atomic E-state index is 11.1. The highest BCUT2D eigenvalue weighted by Gasteiger charge is 2.11. The Morgan fingerprint density at radius 3 is 3.13 bits per heavy atom. The molecule has 0 fully saturated rings. The summed E-state index contributed by atoms with van der Waals surface area (Å²) in [6.45, 7) is 0. The molecule has 0 N–H and O–H groups in total. The number of carbonyl (C=O) groups is 1. The van der Waals surface area contributed by atoms with E-state index in [1.807, 2.05) is 40.8 Å². The highest BCUT2D eigenvalue weighted by atomic mass is 127. The number of nitrogens with zero attached hydrogens (tertiary/aromatic N) is 1. The molecule has 1 heterocycles. The van der Waals surface area contributed by atoms with Crippen molar-refractivity contribution in [3.8, 4) is 0 Å². The standard InChI is InChI=1S/C10H8INO3/c1-14-8(13)5-6-3-2-4-7-9(6)15-10(11)12-7/h2-4H,5H2,1H3. The average Bonchev–Trinajstić information content (AvgIpc) is 2.59. The van der Waals surface area contributed by atoms with Crippen molar-refractivity contribution in [3.05, 3.63) is 27.7 Å². The number of para-hydroxylation sites is 1. The van der Waals surface area contributed by atoms with E-state index in [0.717, 1.165) is 11.1 Å². The minimum atomic E-state index is -0.283. The molecular formula is C10H8INO3. The van der Waals surface area contributed by atoms with Crippen LogP contribution in [0.3, 0.4) is 0 Å². The lowest BCUT2D eigenvalue weighted by atomic mass is 10.1. The second-order valence-corrected chi connectivity index (χ2v) is 3.91. The van der Waals surface area contributed by atoms with Crippen LogP contribution in [-0.4, -0.2) is 18.1 Å². The molecule has 0 aliphatic heterocycles. The van der Waals surface area contributed by atoms with Crippen molar-refractivity contribution in [1.29, 1.82) is 0 Å². The fourth-order valence-electron chi connectivity index (χ4n) is 1.35. The van der Waals surface area contributed by atoms with Crippen molar-refractivity contribution in [3.63, 3.8) is 0 Å². The van der Waals surface area contributed by atoms with E-state index in [9.17, 15) is 4.79 Å². The Bertz CT molecular complexity index is 506. The average molecular weight is 317 g/mol. The summed E-state index contributed by atoms with van der Waals surface area (Å²) in [6, 6.07) is 5.53. The summed E-state index contributed by atoms with van der Waals surface area (Å²) in [5, 5.41) is 0. The second kappa shape index (κ2) is 4.18. The van der Waals surface area contributed by atoms with Crippen LogP contribution in [0.25, 0.3) is 11.1 Å². The topological polar surface area (TPSA) is 52.3 Å². The summed E-state index contributed by atoms with van der Waals surface area (Å²) in [7, 11) is 1.37. The van der Waals surface area contributed by atoms with Crippen LogP contribution in [0.1, 0.15) is 5.56 Å². The van der Waals surface area contributed by atoms with E-state index < -0.39 is 0 Å². The van der Waals surface area contributed by atoms with E-state index in [2.05, 4.69) is 9.72 Å². The van der Waals surface area contributed by atoms with Gasteiger partial charge in [-0.2, -0.15) is 0 Å². The number of carbonyl (C=O) groups excluding carboxylic acids is 1. The van der Waals surface area contributed by atoms with Crippen LogP contribution in [-0.2, 0) is 16.0 Å². The molecule has 0 radical (unpaired) electrons. The van der Waals surface area contributed by atoms with Gasteiger partial charge >= 0.3 is 5.97 Å². The summed E-state index contributed by atoms with van der Waals surface area (Å²) in [5.41, 5.74) is 2.22. The van der Waals surface area contributed by atoms with Crippen LogP contribution in [0.2, 0.25) is 0 Å². The highest BCUT2D eigenvalue weighted by molar-refractivity contribution is 14.1. The number of ether oxygens (including phenoxy) is 1. The zero-order valence-electron chi connectivity index (χ0n) is 7.99. The van der Waals surface area contributed by atoms with Gasteiger partial charge in [-0.3, -0.25) is 4.79 Å². The predicted molar refractivity (Wildman–Crippen MR) is 62.4 cm³/mol. The molecule has 0 aliphatic carbocycles. The third-order valence-electron chi connectivity index (χ3n) is 2.03. The Labute approximate surface area is 99.8 Å². The number of oxazole rings is 1. The molecule has 0 bridgehead atoms. The Morgan fingerprint density at radius 1 is 1.60 bits per heavy atom. The highest BCUT2D eigenvalue weighted by Crippen LogP contribution is 2.21. The molecule has 0 saturated carbocycles. The van der Waals surface area contributed by atoms with E-state index in [1.54, 1.807) is 0 Å². The molecule has 15 heavy (non-hydrogen) atoms. The van der Waals surface area contributed by atoms with Crippen molar-refractivity contribution in [2.45, 2.75) is 6.42 Å². The zero-order chi connectivity index (χ0) is 10.8. The first-order valence-electron chi connectivity index (χ1n) is 4.31. The lowest BCUT2D eigenvalue weighted by Gasteiger charge is -1.99. The maximum Gasteiger partial charge on any atom is 0.310 e. The van der Waals surface area contributed by atoms with Crippen LogP contribution in [0.4, 0.5) is 0 Å². The third-order valence-corrected chi connectivity index (χ3v) is 2.49. The van der Waals surface area contributed by atoms with Gasteiger partial charge in [0.1, 0.15) is 5.52 Å². The first-order chi connectivity index (χ1) is 7.20. The van der Waals surface area contributed by atoms with Gasteiger partial charge in [-0.1, -0.05) is 12.1 Å². The summed E-state index contributed by atoms with van der Waals surface area (Å²) in [5.74, 6) is -0.283. The van der Waals surface area contributed by atoms with Crippen molar-refractivity contribution in [2.75, 3.05) is 7.11 Å². The number of halogens is 1. The van der Waals surface area contributed by atoms with E-state index in [-0.39, 0.29) is 12.4 Å². The Kier molecular flexibility index (Phi) is 2.90. The molecule has 4 nitrogen and oxygen atoms in total. The lowest BCUT2D eigenvalue weighted by Crippen LogP contribution is -2.04. The number of aromatic nitrogens is 1. The number of methoxy groups -OCH3 is 1. The van der Waals surface area contributed by atoms with Gasteiger partial charge in [0, 0.05) is 28.2 Å². The van der Waals surface area contributed by atoms with E-state index >= 15 is 0 Å². The maximum absolute atomic E-state index is 11.1. The van der Waals surface area contributed by atoms with Gasteiger partial charge in [-0.05, 0) is 6.07 Å². The summed E-state index contributed by atoms with van der Waals surface area (Å²) in [4.78, 5) is 15.3. The molecule has 0 amide bonds. The van der Waals surface area contributed by atoms with Crippen LogP contribution in [0.5, 0.6) is 0 Å². The molecule has 0 aliphatic rings. The molecular weight excluding hydrogens is 309 g/mol. The van der Waals surface area contributed by atoms with Gasteiger partial charge in [0.05, 0.1) is 13.5 Å². The second-order valence-electron chi connectivity index (χ2n) is 2.99. The Hall–Kier alpha value is -1.11. The minimum Gasteiger partial charge on any atom is -0.469 e. The van der Waals surface area contributed by atoms with Crippen LogP contribution in [0.15, 0.2) is 22.6 Å². The first kappa shape index (κ1) is 10.4. The van der Waals surface area contributed by atoms with Crippen molar-refractivity contribution in [1.82, 2.24) is 4.98 Å². The van der Waals surface area contributed by atoms with E-state index in [0.29, 0.717) is 9.48 Å². The molecule has 2 aromatic rings. The van der Waals surface area contributed by atoms with Gasteiger partial charge in [-0.25, -0.2) is 4.98 Å². The smallest absolute Gasteiger partial charge is 0.310 e. The molecule has 0 spiro atoms. The van der Waals surface area contributed by atoms with Gasteiger partial charge in [0.2, 0.25) is 0 Å². The first-order valence-corrected chi connectivity index (χ1v) is 5.39. The van der Waals surface area contributed by atoms with Crippen molar-refractivity contribution in [2.24, 2.45) is 0 Å². The van der Waals surface area contributed by atoms with E-state index in [1.165, 1.54) is 7.11 Å². The van der Waals surface area contributed by atoms with Crippen LogP contribution >= 0.6 is 22.6 Å². The minimum absolute atomic E-state index is 0.207. The van der Waals surface area contributed by atoms with Gasteiger partial charge in [0.25, 0.3) is 3.90 Å². The molecule has 1 aromatic carbocycles. The number of hydrogen-bond acceptors (Lipinski definition) is 4. The van der Waals surface area contributed by atoms with Crippen LogP contribution in [0, 0.1) is 3.90 Å². The Morgan fingerprint density at radius 2 is 2.40 bits per heavy atom. The van der Waals surface area contributed by atoms with Gasteiger partial charge in [-0.15, -0.1) is 0 Å². The molecule has 2 rings (SSSR count). The molecule has 0 atom stereocenters. The SMILES string of the molecule is COC(=O)Cc1cccc2nc(I)oc12. The fourth-order valence-corrected chi connectivity index (χ4v) is 1.83.